The highest BCUT2D eigenvalue weighted by Gasteiger charge is 2.28. The van der Waals surface area contributed by atoms with Crippen LogP contribution in [0.25, 0.3) is 10.6 Å². The Morgan fingerprint density at radius 3 is 2.87 bits per heavy atom. The largest absolute Gasteiger partial charge is 0.338 e. The molecule has 122 valence electrons. The first-order valence-corrected chi connectivity index (χ1v) is 8.95. The van der Waals surface area contributed by atoms with Crippen molar-refractivity contribution in [3.63, 3.8) is 0 Å². The first-order chi connectivity index (χ1) is 11.1. The van der Waals surface area contributed by atoms with Crippen LogP contribution >= 0.6 is 22.9 Å². The Kier molecular flexibility index (Phi) is 4.99. The molecule has 0 saturated carbocycles. The number of carbonyl (C=O) groups excluding carboxylic acids is 1. The molecule has 1 atom stereocenters. The van der Waals surface area contributed by atoms with Gasteiger partial charge in [-0.3, -0.25) is 4.79 Å². The summed E-state index contributed by atoms with van der Waals surface area (Å²) in [6.45, 7) is 4.53. The summed E-state index contributed by atoms with van der Waals surface area (Å²) in [4.78, 5) is 20.0. The number of amides is 1. The van der Waals surface area contributed by atoms with Crippen LogP contribution in [0.15, 0.2) is 24.3 Å². The molecule has 1 unspecified atom stereocenters. The fourth-order valence-electron chi connectivity index (χ4n) is 2.93. The zero-order chi connectivity index (χ0) is 16.4. The van der Waals surface area contributed by atoms with Crippen LogP contribution in [0.4, 0.5) is 0 Å². The number of aryl methyl sites for hydroxylation is 1. The summed E-state index contributed by atoms with van der Waals surface area (Å²) < 4.78 is 0. The molecule has 1 aromatic heterocycles. The molecule has 1 amide bonds. The third-order valence-corrected chi connectivity index (χ3v) is 5.59. The Morgan fingerprint density at radius 1 is 1.43 bits per heavy atom. The summed E-state index contributed by atoms with van der Waals surface area (Å²) in [7, 11) is 1.95. The van der Waals surface area contributed by atoms with Gasteiger partial charge < -0.3 is 10.2 Å². The minimum absolute atomic E-state index is 0.110. The Morgan fingerprint density at radius 2 is 2.17 bits per heavy atom. The highest BCUT2D eigenvalue weighted by Crippen LogP contribution is 2.30. The fourth-order valence-corrected chi connectivity index (χ4v) is 4.09. The molecular weight excluding hydrogens is 330 g/mol. The smallest absolute Gasteiger partial charge is 0.265 e. The van der Waals surface area contributed by atoms with E-state index >= 15 is 0 Å². The summed E-state index contributed by atoms with van der Waals surface area (Å²) in [5, 5.41) is 4.76. The van der Waals surface area contributed by atoms with E-state index in [0.717, 1.165) is 47.2 Å². The van der Waals surface area contributed by atoms with E-state index < -0.39 is 0 Å². The Bertz CT molecular complexity index is 698. The van der Waals surface area contributed by atoms with E-state index in [2.05, 4.69) is 10.3 Å². The summed E-state index contributed by atoms with van der Waals surface area (Å²) in [5.41, 5.74) is 1.80. The number of halogens is 1. The fraction of sp³-hybridized carbons (Fsp3) is 0.412. The standard InChI is InChI=1S/C17H20ClN3OS/c1-11-15(17(22)21-8-7-12(10-21)9-19-2)23-16(20-11)13-3-5-14(18)6-4-13/h3-6,12,19H,7-10H2,1-2H3. The van der Waals surface area contributed by atoms with Crippen LogP contribution in [-0.2, 0) is 0 Å². The van der Waals surface area contributed by atoms with Gasteiger partial charge in [0.1, 0.15) is 9.88 Å². The number of aromatic nitrogens is 1. The molecule has 4 nitrogen and oxygen atoms in total. The van der Waals surface area contributed by atoms with Crippen molar-refractivity contribution < 1.29 is 4.79 Å². The van der Waals surface area contributed by atoms with Gasteiger partial charge in [0.25, 0.3) is 5.91 Å². The van der Waals surface area contributed by atoms with Crippen molar-refractivity contribution in [1.29, 1.82) is 0 Å². The predicted molar refractivity (Wildman–Crippen MR) is 95.2 cm³/mol. The zero-order valence-corrected chi connectivity index (χ0v) is 14.9. The van der Waals surface area contributed by atoms with Crippen molar-refractivity contribution >= 4 is 28.8 Å². The SMILES string of the molecule is CNCC1CCN(C(=O)c2sc(-c3ccc(Cl)cc3)nc2C)C1. The molecular formula is C17H20ClN3OS. The molecule has 1 N–H and O–H groups in total. The quantitative estimate of drug-likeness (QED) is 0.919. The van der Waals surface area contributed by atoms with Crippen LogP contribution in [0.5, 0.6) is 0 Å². The van der Waals surface area contributed by atoms with Crippen molar-refractivity contribution in [2.45, 2.75) is 13.3 Å². The van der Waals surface area contributed by atoms with Crippen molar-refractivity contribution in [3.05, 3.63) is 39.9 Å². The number of nitrogens with one attached hydrogen (secondary N) is 1. The van der Waals surface area contributed by atoms with Gasteiger partial charge in [-0.1, -0.05) is 23.7 Å². The maximum atomic E-state index is 12.8. The number of hydrogen-bond donors (Lipinski definition) is 1. The third-order valence-electron chi connectivity index (χ3n) is 4.15. The minimum Gasteiger partial charge on any atom is -0.338 e. The maximum absolute atomic E-state index is 12.8. The molecule has 0 bridgehead atoms. The number of benzene rings is 1. The number of thiazole rings is 1. The van der Waals surface area contributed by atoms with Crippen LogP contribution in [0.2, 0.25) is 5.02 Å². The Labute approximate surface area is 145 Å². The lowest BCUT2D eigenvalue weighted by Gasteiger charge is -2.15. The number of carbonyl (C=O) groups is 1. The summed E-state index contributed by atoms with van der Waals surface area (Å²) in [5.74, 6) is 0.659. The van der Waals surface area contributed by atoms with E-state index in [1.807, 2.05) is 43.1 Å². The Hall–Kier alpha value is -1.43. The summed E-state index contributed by atoms with van der Waals surface area (Å²) >= 11 is 7.40. The van der Waals surface area contributed by atoms with E-state index in [1.54, 1.807) is 0 Å². The molecule has 1 aromatic carbocycles. The van der Waals surface area contributed by atoms with Crippen LogP contribution in [0.3, 0.4) is 0 Å². The molecule has 1 aliphatic heterocycles. The number of rotatable bonds is 4. The highest BCUT2D eigenvalue weighted by atomic mass is 35.5. The average Bonchev–Trinajstić information content (AvgIpc) is 3.15. The van der Waals surface area contributed by atoms with Crippen molar-refractivity contribution in [1.82, 2.24) is 15.2 Å². The lowest BCUT2D eigenvalue weighted by molar-refractivity contribution is 0.0791. The van der Waals surface area contributed by atoms with Gasteiger partial charge >= 0.3 is 0 Å². The first kappa shape index (κ1) is 16.4. The van der Waals surface area contributed by atoms with Gasteiger partial charge in [-0.15, -0.1) is 11.3 Å². The molecule has 0 aliphatic carbocycles. The average molecular weight is 350 g/mol. The van der Waals surface area contributed by atoms with Crippen LogP contribution in [-0.4, -0.2) is 42.5 Å². The number of likely N-dealkylation sites (tertiary alicyclic amines) is 1. The second-order valence-electron chi connectivity index (χ2n) is 5.90. The van der Waals surface area contributed by atoms with E-state index in [-0.39, 0.29) is 5.91 Å². The third kappa shape index (κ3) is 3.57. The summed E-state index contributed by atoms with van der Waals surface area (Å²) in [6.07, 6.45) is 1.06. The van der Waals surface area contributed by atoms with E-state index in [9.17, 15) is 4.79 Å². The molecule has 3 rings (SSSR count). The molecule has 2 aromatic rings. The first-order valence-electron chi connectivity index (χ1n) is 7.75. The van der Waals surface area contributed by atoms with Gasteiger partial charge in [0.05, 0.1) is 5.69 Å². The molecule has 2 heterocycles. The predicted octanol–water partition coefficient (Wildman–Crippen LogP) is 3.45. The lowest BCUT2D eigenvalue weighted by atomic mass is 10.1. The molecule has 1 aliphatic rings. The molecule has 0 radical (unpaired) electrons. The van der Waals surface area contributed by atoms with Crippen molar-refractivity contribution in [2.24, 2.45) is 5.92 Å². The normalized spacial score (nSPS) is 17.7. The van der Waals surface area contributed by atoms with E-state index in [1.165, 1.54) is 11.3 Å². The van der Waals surface area contributed by atoms with Crippen LogP contribution < -0.4 is 5.32 Å². The van der Waals surface area contributed by atoms with Gasteiger partial charge in [-0.05, 0) is 45.0 Å². The van der Waals surface area contributed by atoms with Gasteiger partial charge in [0.15, 0.2) is 0 Å². The zero-order valence-electron chi connectivity index (χ0n) is 13.3. The van der Waals surface area contributed by atoms with E-state index in [4.69, 9.17) is 11.6 Å². The summed E-state index contributed by atoms with van der Waals surface area (Å²) in [6, 6.07) is 7.57. The molecule has 23 heavy (non-hydrogen) atoms. The van der Waals surface area contributed by atoms with Crippen molar-refractivity contribution in [3.8, 4) is 10.6 Å². The minimum atomic E-state index is 0.110. The molecule has 1 fully saturated rings. The molecule has 0 spiro atoms. The topological polar surface area (TPSA) is 45.2 Å². The number of hydrogen-bond acceptors (Lipinski definition) is 4. The second-order valence-corrected chi connectivity index (χ2v) is 7.34. The Balaban J connectivity index is 1.78. The van der Waals surface area contributed by atoms with Crippen molar-refractivity contribution in [2.75, 3.05) is 26.7 Å². The van der Waals surface area contributed by atoms with Crippen LogP contribution in [0.1, 0.15) is 21.8 Å². The monoisotopic (exact) mass is 349 g/mol. The molecule has 1 saturated heterocycles. The van der Waals surface area contributed by atoms with Crippen LogP contribution in [0, 0.1) is 12.8 Å². The number of nitrogens with zero attached hydrogens (tertiary/aromatic N) is 2. The van der Waals surface area contributed by atoms with Gasteiger partial charge in [-0.2, -0.15) is 0 Å². The second kappa shape index (κ2) is 6.99. The highest BCUT2D eigenvalue weighted by molar-refractivity contribution is 7.17. The van der Waals surface area contributed by atoms with Gasteiger partial charge in [0.2, 0.25) is 0 Å². The molecule has 6 heteroatoms. The van der Waals surface area contributed by atoms with E-state index in [0.29, 0.717) is 10.9 Å². The maximum Gasteiger partial charge on any atom is 0.265 e. The lowest BCUT2D eigenvalue weighted by Crippen LogP contribution is -2.30. The van der Waals surface area contributed by atoms with Gasteiger partial charge in [-0.25, -0.2) is 4.98 Å². The van der Waals surface area contributed by atoms with Gasteiger partial charge in [0, 0.05) is 23.7 Å².